The van der Waals surface area contributed by atoms with E-state index in [0.29, 0.717) is 19.5 Å². The summed E-state index contributed by atoms with van der Waals surface area (Å²) in [5.74, 6) is -15.7. The van der Waals surface area contributed by atoms with Crippen molar-refractivity contribution in [2.24, 2.45) is 0 Å². The number of thiophene rings is 4. The number of hydrogen-bond donors (Lipinski definition) is 0. The maximum atomic E-state index is 15.6. The van der Waals surface area contributed by atoms with Gasteiger partial charge in [-0.25, -0.2) is 0 Å². The van der Waals surface area contributed by atoms with Crippen LogP contribution in [0.1, 0.15) is 20.9 Å². The van der Waals surface area contributed by atoms with Crippen molar-refractivity contribution in [3.8, 4) is 19.5 Å². The number of allylic oxidation sites excluding steroid dienone is 2. The Bertz CT molecular complexity index is 1550. The zero-order valence-electron chi connectivity index (χ0n) is 23.9. The van der Waals surface area contributed by atoms with E-state index in [9.17, 15) is 0 Å². The van der Waals surface area contributed by atoms with Crippen LogP contribution in [0.5, 0.6) is 0 Å². The molecule has 1 aliphatic carbocycles. The molecule has 0 amide bonds. The molecule has 0 spiro atoms. The molecule has 0 bridgehead atoms. The van der Waals surface area contributed by atoms with Crippen molar-refractivity contribution in [2.75, 3.05) is 0 Å². The van der Waals surface area contributed by atoms with Gasteiger partial charge < -0.3 is 0 Å². The standard InChI is InChI=1S/C29H30F6S4Si2/c1-15-17(13-21(36-15)19-9-11-23(38-19)40(3,4)5)25-26(28(32,33)29(34,35)27(25,30)31)18-14-22(37-16(18)2)20-10-12-24(39-20)41(6,7)8/h9-14H,1-8H3. The molecule has 0 radical (unpaired) electrons. The molecule has 0 unspecified atom stereocenters. The Labute approximate surface area is 254 Å². The highest BCUT2D eigenvalue weighted by Gasteiger charge is 2.80. The lowest BCUT2D eigenvalue weighted by Gasteiger charge is -2.25. The van der Waals surface area contributed by atoms with Crippen molar-refractivity contribution < 1.29 is 26.3 Å². The van der Waals surface area contributed by atoms with Gasteiger partial charge in [0, 0.05) is 40.4 Å². The van der Waals surface area contributed by atoms with Crippen molar-refractivity contribution in [1.29, 1.82) is 0 Å². The van der Waals surface area contributed by atoms with Crippen molar-refractivity contribution >= 4 is 81.6 Å². The van der Waals surface area contributed by atoms with Gasteiger partial charge in [-0.05, 0) is 58.2 Å². The highest BCUT2D eigenvalue weighted by molar-refractivity contribution is 7.31. The monoisotopic (exact) mass is 676 g/mol. The average Bonchev–Trinajstić information content (AvgIpc) is 3.62. The summed E-state index contributed by atoms with van der Waals surface area (Å²) in [5, 5.41) is 0. The van der Waals surface area contributed by atoms with Crippen LogP contribution in [0.25, 0.3) is 30.7 Å². The van der Waals surface area contributed by atoms with Gasteiger partial charge in [-0.15, -0.1) is 45.3 Å². The Hall–Kier alpha value is -1.45. The molecule has 0 aliphatic heterocycles. The fraction of sp³-hybridized carbons (Fsp3) is 0.379. The van der Waals surface area contributed by atoms with Crippen LogP contribution in [0.15, 0.2) is 36.4 Å². The SMILES string of the molecule is Cc1sc(-c2ccc([Si](C)(C)C)s2)cc1C1=C(c2cc(-c3ccc([Si](C)(C)C)s3)sc2C)C(F)(F)C(F)(F)C1(F)F. The summed E-state index contributed by atoms with van der Waals surface area (Å²) in [5.41, 5.74) is -3.02. The van der Waals surface area contributed by atoms with Gasteiger partial charge in [0.1, 0.15) is 0 Å². The maximum absolute atomic E-state index is 15.6. The first-order valence-electron chi connectivity index (χ1n) is 13.0. The molecule has 220 valence electrons. The zero-order valence-corrected chi connectivity index (χ0v) is 29.1. The Morgan fingerprint density at radius 1 is 0.512 bits per heavy atom. The van der Waals surface area contributed by atoms with Crippen LogP contribution in [0.4, 0.5) is 26.3 Å². The minimum absolute atomic E-state index is 0.242. The van der Waals surface area contributed by atoms with Gasteiger partial charge in [0.2, 0.25) is 0 Å². The summed E-state index contributed by atoms with van der Waals surface area (Å²) in [6, 6.07) is 10.6. The highest BCUT2D eigenvalue weighted by Crippen LogP contribution is 2.66. The minimum Gasteiger partial charge on any atom is -0.194 e. The molecule has 1 aliphatic rings. The molecule has 4 aromatic heterocycles. The lowest BCUT2D eigenvalue weighted by atomic mass is 9.95. The molecule has 4 heterocycles. The van der Waals surface area contributed by atoms with Gasteiger partial charge in [0.25, 0.3) is 0 Å². The Kier molecular flexibility index (Phi) is 7.39. The van der Waals surface area contributed by atoms with E-state index in [-0.39, 0.29) is 11.1 Å². The van der Waals surface area contributed by atoms with E-state index < -0.39 is 45.1 Å². The molecule has 0 atom stereocenters. The van der Waals surface area contributed by atoms with E-state index in [1.165, 1.54) is 57.7 Å². The van der Waals surface area contributed by atoms with Crippen molar-refractivity contribution in [3.05, 3.63) is 57.3 Å². The summed E-state index contributed by atoms with van der Waals surface area (Å²) in [4.78, 5) is 3.44. The first kappa shape index (κ1) is 31.0. The van der Waals surface area contributed by atoms with Crippen LogP contribution in [0.3, 0.4) is 0 Å². The highest BCUT2D eigenvalue weighted by atomic mass is 32.1. The number of aryl methyl sites for hydroxylation is 2. The molecule has 0 saturated heterocycles. The molecular formula is C29H30F6S4Si2. The van der Waals surface area contributed by atoms with E-state index >= 15 is 26.3 Å². The topological polar surface area (TPSA) is 0 Å². The number of hydrogen-bond acceptors (Lipinski definition) is 4. The molecule has 0 aromatic carbocycles. The van der Waals surface area contributed by atoms with Gasteiger partial charge in [0.15, 0.2) is 0 Å². The minimum atomic E-state index is -5.57. The van der Waals surface area contributed by atoms with E-state index in [2.05, 4.69) is 39.3 Å². The van der Waals surface area contributed by atoms with Crippen LogP contribution in [-0.2, 0) is 0 Å². The van der Waals surface area contributed by atoms with Gasteiger partial charge in [-0.3, -0.25) is 0 Å². The van der Waals surface area contributed by atoms with Gasteiger partial charge >= 0.3 is 17.8 Å². The molecule has 0 nitrogen and oxygen atoms in total. The summed E-state index contributed by atoms with van der Waals surface area (Å²) in [6.45, 7) is 16.2. The quantitative estimate of drug-likeness (QED) is 0.141. The zero-order chi connectivity index (χ0) is 30.5. The maximum Gasteiger partial charge on any atom is 0.380 e. The largest absolute Gasteiger partial charge is 0.380 e. The summed E-state index contributed by atoms with van der Waals surface area (Å²) in [6.07, 6.45) is 0. The van der Waals surface area contributed by atoms with Crippen molar-refractivity contribution in [3.63, 3.8) is 0 Å². The smallest absolute Gasteiger partial charge is 0.194 e. The van der Waals surface area contributed by atoms with E-state index in [1.54, 1.807) is 0 Å². The molecule has 12 heteroatoms. The first-order chi connectivity index (χ1) is 18.7. The molecule has 0 fully saturated rings. The predicted octanol–water partition coefficient (Wildman–Crippen LogP) is 10.8. The van der Waals surface area contributed by atoms with Gasteiger partial charge in [-0.2, -0.15) is 26.3 Å². The third-order valence-corrected chi connectivity index (χ3v) is 19.1. The molecule has 5 rings (SSSR count). The van der Waals surface area contributed by atoms with Crippen LogP contribution in [-0.4, -0.2) is 33.9 Å². The molecular weight excluding hydrogens is 647 g/mol. The second-order valence-electron chi connectivity index (χ2n) is 12.5. The molecule has 0 N–H and O–H groups in total. The van der Waals surface area contributed by atoms with E-state index in [1.807, 2.05) is 24.3 Å². The fourth-order valence-corrected chi connectivity index (χ4v) is 12.9. The Morgan fingerprint density at radius 2 is 0.854 bits per heavy atom. The van der Waals surface area contributed by atoms with Crippen LogP contribution < -0.4 is 9.00 Å². The van der Waals surface area contributed by atoms with Gasteiger partial charge in [0.05, 0.1) is 16.1 Å². The van der Waals surface area contributed by atoms with Gasteiger partial charge in [-0.1, -0.05) is 51.4 Å². The van der Waals surface area contributed by atoms with Crippen LogP contribution in [0.2, 0.25) is 39.3 Å². The van der Waals surface area contributed by atoms with E-state index in [4.69, 9.17) is 0 Å². The summed E-state index contributed by atoms with van der Waals surface area (Å²) in [7, 11) is -3.27. The second-order valence-corrected chi connectivity index (χ2v) is 27.9. The number of alkyl halides is 6. The average molecular weight is 677 g/mol. The Balaban J connectivity index is 1.71. The van der Waals surface area contributed by atoms with E-state index in [0.717, 1.165) is 32.4 Å². The first-order valence-corrected chi connectivity index (χ1v) is 23.3. The Morgan fingerprint density at radius 3 is 1.15 bits per heavy atom. The summed E-state index contributed by atoms with van der Waals surface area (Å²) < 4.78 is 94.8. The number of rotatable bonds is 6. The predicted molar refractivity (Wildman–Crippen MR) is 172 cm³/mol. The molecule has 4 aromatic rings. The summed E-state index contributed by atoms with van der Waals surface area (Å²) >= 11 is 5.41. The van der Waals surface area contributed by atoms with Crippen molar-refractivity contribution in [2.45, 2.75) is 70.9 Å². The third-order valence-electron chi connectivity index (χ3n) is 7.22. The molecule has 41 heavy (non-hydrogen) atoms. The number of halogens is 6. The third kappa shape index (κ3) is 4.90. The van der Waals surface area contributed by atoms with Crippen LogP contribution in [0, 0.1) is 13.8 Å². The fourth-order valence-electron chi connectivity index (χ4n) is 4.88. The van der Waals surface area contributed by atoms with Crippen LogP contribution >= 0.6 is 45.3 Å². The lowest BCUT2D eigenvalue weighted by Crippen LogP contribution is -2.48. The molecule has 0 saturated carbocycles. The second kappa shape index (κ2) is 9.78. The normalized spacial score (nSPS) is 18.5. The lowest BCUT2D eigenvalue weighted by molar-refractivity contribution is -0.254. The van der Waals surface area contributed by atoms with Crippen molar-refractivity contribution in [1.82, 2.24) is 0 Å².